The van der Waals surface area contributed by atoms with E-state index in [1.54, 1.807) is 6.08 Å². The van der Waals surface area contributed by atoms with Crippen molar-refractivity contribution in [3.63, 3.8) is 0 Å². The van der Waals surface area contributed by atoms with E-state index in [9.17, 15) is 0 Å². The fraction of sp³-hybridized carbons (Fsp3) is 0.696. The van der Waals surface area contributed by atoms with Crippen LogP contribution in [-0.4, -0.2) is 24.0 Å². The first-order valence-electron chi connectivity index (χ1n) is 10.6. The molecule has 0 bridgehead atoms. The zero-order chi connectivity index (χ0) is 21.7. The monoisotopic (exact) mass is 377 g/mol. The van der Waals surface area contributed by atoms with Crippen LogP contribution in [0.2, 0.25) is 0 Å². The maximum absolute atomic E-state index is 7.75. The molecular weight excluding hydrogens is 333 g/mol. The number of hydrogen-bond donors (Lipinski definition) is 1. The van der Waals surface area contributed by atoms with Gasteiger partial charge < -0.3 is 14.7 Å². The molecule has 0 aromatic carbocycles. The van der Waals surface area contributed by atoms with Gasteiger partial charge in [0.15, 0.2) is 0 Å². The lowest BCUT2D eigenvalue weighted by molar-refractivity contribution is 0.00578. The molecule has 2 rings (SSSR count). The second-order valence-electron chi connectivity index (χ2n) is 7.57. The van der Waals surface area contributed by atoms with Crippen LogP contribution in [0.4, 0.5) is 0 Å². The Kier molecular flexibility index (Phi) is 14.5. The first-order valence-corrected chi connectivity index (χ1v) is 10.6. The summed E-state index contributed by atoms with van der Waals surface area (Å²) in [6, 6.07) is 0. The van der Waals surface area contributed by atoms with Crippen molar-refractivity contribution in [2.45, 2.75) is 106 Å². The summed E-state index contributed by atoms with van der Waals surface area (Å²) in [6.45, 7) is 24.5. The zero-order valence-corrected chi connectivity index (χ0v) is 19.7. The third-order valence-electron chi connectivity index (χ3n) is 4.37. The molecule has 3 nitrogen and oxygen atoms in total. The van der Waals surface area contributed by atoms with Gasteiger partial charge in [-0.3, -0.25) is 0 Å². The molecule has 1 aliphatic heterocycles. The van der Waals surface area contributed by atoms with Crippen molar-refractivity contribution in [1.29, 1.82) is 5.41 Å². The Hall–Kier alpha value is -1.13. The van der Waals surface area contributed by atoms with Crippen molar-refractivity contribution in [3.05, 3.63) is 35.9 Å². The SMILES string of the molecule is C=C1C=CC(B2OC(C)(C)C(C)(C)O2)=CC1=N.CC.CCC.CCCCC. The van der Waals surface area contributed by atoms with Crippen molar-refractivity contribution < 1.29 is 9.31 Å². The number of unbranched alkanes of at least 4 members (excludes halogenated alkanes) is 2. The molecule has 0 aromatic heterocycles. The highest BCUT2D eigenvalue weighted by Gasteiger charge is 2.52. The molecule has 0 aromatic rings. The van der Waals surface area contributed by atoms with Gasteiger partial charge >= 0.3 is 7.12 Å². The highest BCUT2D eigenvalue weighted by molar-refractivity contribution is 6.56. The fourth-order valence-corrected chi connectivity index (χ4v) is 2.07. The van der Waals surface area contributed by atoms with E-state index in [4.69, 9.17) is 14.7 Å². The van der Waals surface area contributed by atoms with E-state index in [1.165, 1.54) is 25.7 Å². The molecule has 0 amide bonds. The Labute approximate surface area is 170 Å². The standard InChI is InChI=1S/C13H18BNO2.C5H12.C3H8.C2H6/c1-9-6-7-10(8-11(9)15)14-16-12(2,3)13(4,5)17-14;1-3-5-4-2;1-3-2;1-2/h6-8,15H,1H2,2-5H3;3-5H2,1-2H3;3H2,1-2H3;1-2H3. The van der Waals surface area contributed by atoms with Gasteiger partial charge in [0.05, 0.1) is 16.9 Å². The van der Waals surface area contributed by atoms with Crippen LogP contribution >= 0.6 is 0 Å². The van der Waals surface area contributed by atoms with Gasteiger partial charge in [-0.25, -0.2) is 0 Å². The normalized spacial score (nSPS) is 19.0. The average molecular weight is 377 g/mol. The lowest BCUT2D eigenvalue weighted by Gasteiger charge is -2.32. The number of rotatable bonds is 3. The van der Waals surface area contributed by atoms with E-state index in [0.717, 1.165) is 5.47 Å². The van der Waals surface area contributed by atoms with E-state index in [0.29, 0.717) is 11.3 Å². The summed E-state index contributed by atoms with van der Waals surface area (Å²) in [5.74, 6) is 0. The molecule has 1 heterocycles. The minimum atomic E-state index is -0.398. The summed E-state index contributed by atoms with van der Waals surface area (Å²) in [7, 11) is -0.398. The van der Waals surface area contributed by atoms with E-state index in [1.807, 2.05) is 53.7 Å². The molecule has 4 heteroatoms. The second kappa shape index (κ2) is 14.0. The smallest absolute Gasteiger partial charge is 0.399 e. The molecule has 0 saturated carbocycles. The van der Waals surface area contributed by atoms with Crippen LogP contribution in [0.15, 0.2) is 35.9 Å². The Bertz CT molecular complexity index is 487. The molecule has 156 valence electrons. The van der Waals surface area contributed by atoms with Crippen LogP contribution in [-0.2, 0) is 9.31 Å². The molecular formula is C23H44BNO2. The zero-order valence-electron chi connectivity index (χ0n) is 19.7. The quantitative estimate of drug-likeness (QED) is 0.523. The molecule has 27 heavy (non-hydrogen) atoms. The van der Waals surface area contributed by atoms with Crippen LogP contribution in [0.3, 0.4) is 0 Å². The molecule has 0 radical (unpaired) electrons. The predicted molar refractivity (Wildman–Crippen MR) is 123 cm³/mol. The fourth-order valence-electron chi connectivity index (χ4n) is 2.07. The maximum Gasteiger partial charge on any atom is 0.494 e. The van der Waals surface area contributed by atoms with Crippen LogP contribution in [0.25, 0.3) is 0 Å². The van der Waals surface area contributed by atoms with Crippen molar-refractivity contribution >= 4 is 12.8 Å². The minimum Gasteiger partial charge on any atom is -0.399 e. The number of hydrogen-bond acceptors (Lipinski definition) is 3. The first-order chi connectivity index (χ1) is 12.6. The second-order valence-corrected chi connectivity index (χ2v) is 7.57. The van der Waals surface area contributed by atoms with Gasteiger partial charge in [0, 0.05) is 0 Å². The predicted octanol–water partition coefficient (Wildman–Crippen LogP) is 7.33. The molecule has 1 aliphatic carbocycles. The van der Waals surface area contributed by atoms with Crippen LogP contribution in [0.5, 0.6) is 0 Å². The highest BCUT2D eigenvalue weighted by Crippen LogP contribution is 2.39. The van der Waals surface area contributed by atoms with Gasteiger partial charge in [-0.15, -0.1) is 0 Å². The summed E-state index contributed by atoms with van der Waals surface area (Å²) in [5.41, 5.74) is 1.31. The molecule has 0 atom stereocenters. The third kappa shape index (κ3) is 9.57. The molecule has 1 fully saturated rings. The lowest BCUT2D eigenvalue weighted by Crippen LogP contribution is -2.41. The van der Waals surface area contributed by atoms with Crippen LogP contribution < -0.4 is 0 Å². The van der Waals surface area contributed by atoms with Crippen LogP contribution in [0, 0.1) is 5.41 Å². The summed E-state index contributed by atoms with van der Waals surface area (Å²) in [4.78, 5) is 0. The maximum atomic E-state index is 7.75. The minimum absolute atomic E-state index is 0.344. The largest absolute Gasteiger partial charge is 0.494 e. The van der Waals surface area contributed by atoms with Gasteiger partial charge in [0.2, 0.25) is 0 Å². The summed E-state index contributed by atoms with van der Waals surface area (Å²) in [5, 5.41) is 7.75. The van der Waals surface area contributed by atoms with E-state index in [2.05, 4.69) is 34.3 Å². The molecule has 0 unspecified atom stereocenters. The molecule has 1 N–H and O–H groups in total. The van der Waals surface area contributed by atoms with Gasteiger partial charge in [-0.2, -0.15) is 0 Å². The van der Waals surface area contributed by atoms with E-state index < -0.39 is 7.12 Å². The Balaban J connectivity index is 0. The average Bonchev–Trinajstić information content (AvgIpc) is 2.82. The summed E-state index contributed by atoms with van der Waals surface area (Å²) < 4.78 is 11.8. The third-order valence-corrected chi connectivity index (χ3v) is 4.37. The topological polar surface area (TPSA) is 42.3 Å². The van der Waals surface area contributed by atoms with Gasteiger partial charge in [-0.1, -0.05) is 86.0 Å². The first kappa shape index (κ1) is 28.1. The van der Waals surface area contributed by atoms with Gasteiger partial charge in [-0.05, 0) is 44.8 Å². The van der Waals surface area contributed by atoms with Crippen molar-refractivity contribution in [3.8, 4) is 0 Å². The van der Waals surface area contributed by atoms with Crippen molar-refractivity contribution in [1.82, 2.24) is 0 Å². The summed E-state index contributed by atoms with van der Waals surface area (Å²) >= 11 is 0. The molecule has 0 spiro atoms. The van der Waals surface area contributed by atoms with Gasteiger partial charge in [0.1, 0.15) is 0 Å². The summed E-state index contributed by atoms with van der Waals surface area (Å²) in [6.07, 6.45) is 10.8. The lowest BCUT2D eigenvalue weighted by atomic mass is 9.75. The molecule has 1 saturated heterocycles. The van der Waals surface area contributed by atoms with Gasteiger partial charge in [0.25, 0.3) is 0 Å². The Morgan fingerprint density at radius 2 is 1.33 bits per heavy atom. The number of allylic oxidation sites excluding steroid dienone is 5. The molecule has 2 aliphatic rings. The Morgan fingerprint density at radius 1 is 0.926 bits per heavy atom. The van der Waals surface area contributed by atoms with Crippen LogP contribution in [0.1, 0.15) is 94.9 Å². The Morgan fingerprint density at radius 3 is 1.63 bits per heavy atom. The highest BCUT2D eigenvalue weighted by atomic mass is 16.7. The van der Waals surface area contributed by atoms with Crippen molar-refractivity contribution in [2.24, 2.45) is 0 Å². The van der Waals surface area contributed by atoms with E-state index in [-0.39, 0.29) is 11.2 Å². The van der Waals surface area contributed by atoms with Crippen molar-refractivity contribution in [2.75, 3.05) is 0 Å². The van der Waals surface area contributed by atoms with E-state index >= 15 is 0 Å². The number of nitrogens with one attached hydrogen (secondary N) is 1.